The van der Waals surface area contributed by atoms with E-state index in [9.17, 15) is 9.59 Å². The maximum Gasteiger partial charge on any atom is 0.308 e. The maximum atomic E-state index is 12.4. The summed E-state index contributed by atoms with van der Waals surface area (Å²) in [6, 6.07) is 14.0. The van der Waals surface area contributed by atoms with Crippen LogP contribution in [0.5, 0.6) is 0 Å². The molecule has 0 N–H and O–H groups in total. The molecule has 2 unspecified atom stereocenters. The molecule has 0 aliphatic rings. The number of hydrogen-bond acceptors (Lipinski definition) is 7. The van der Waals surface area contributed by atoms with Crippen molar-refractivity contribution in [2.24, 2.45) is 0 Å². The predicted octanol–water partition coefficient (Wildman–Crippen LogP) is 5.13. The zero-order valence-electron chi connectivity index (χ0n) is 17.6. The third-order valence-corrected chi connectivity index (χ3v) is 6.58. The molecular weight excluding hydrogens is 420 g/mol. The standard InChI is InChI=1S/C23H30O5S2/c1-18(24)15-21(10-12-27-17-19-7-4-3-5-8-19)28-22(25)16-20(26-2)11-14-30-23-9-6-13-29-23/h3-9,13,20-21H,10-12,14-17H2,1-2H3. The first-order valence-electron chi connectivity index (χ1n) is 10.1. The Hall–Kier alpha value is -1.67. The molecule has 2 atom stereocenters. The van der Waals surface area contributed by atoms with Crippen molar-refractivity contribution >= 4 is 34.9 Å². The van der Waals surface area contributed by atoms with Crippen molar-refractivity contribution in [1.82, 2.24) is 0 Å². The largest absolute Gasteiger partial charge is 0.462 e. The van der Waals surface area contributed by atoms with Crippen LogP contribution in [0.3, 0.4) is 0 Å². The first-order chi connectivity index (χ1) is 14.6. The Morgan fingerprint density at radius 1 is 1.03 bits per heavy atom. The third kappa shape index (κ3) is 10.4. The number of thioether (sulfide) groups is 1. The van der Waals surface area contributed by atoms with Crippen LogP contribution in [0.4, 0.5) is 0 Å². The number of rotatable bonds is 15. The van der Waals surface area contributed by atoms with Crippen molar-refractivity contribution in [2.45, 2.75) is 55.6 Å². The number of Topliss-reactive ketones (excluding diaryl/α,β-unsaturated/α-hetero) is 1. The molecule has 1 aromatic carbocycles. The van der Waals surface area contributed by atoms with E-state index in [0.717, 1.165) is 17.7 Å². The minimum atomic E-state index is -0.469. The summed E-state index contributed by atoms with van der Waals surface area (Å²) in [5.74, 6) is 0.528. The number of carbonyl (C=O) groups is 2. The van der Waals surface area contributed by atoms with Gasteiger partial charge in [-0.3, -0.25) is 9.59 Å². The van der Waals surface area contributed by atoms with Crippen LogP contribution in [-0.4, -0.2) is 43.4 Å². The quantitative estimate of drug-likeness (QED) is 0.213. The molecule has 0 bridgehead atoms. The first-order valence-corrected chi connectivity index (χ1v) is 11.9. The van der Waals surface area contributed by atoms with E-state index >= 15 is 0 Å². The van der Waals surface area contributed by atoms with Gasteiger partial charge in [0.1, 0.15) is 11.9 Å². The van der Waals surface area contributed by atoms with Crippen molar-refractivity contribution < 1.29 is 23.8 Å². The highest BCUT2D eigenvalue weighted by Crippen LogP contribution is 2.25. The predicted molar refractivity (Wildman–Crippen MR) is 121 cm³/mol. The monoisotopic (exact) mass is 450 g/mol. The van der Waals surface area contributed by atoms with Gasteiger partial charge in [-0.15, -0.1) is 23.1 Å². The molecule has 0 fully saturated rings. The molecule has 2 aromatic rings. The second-order valence-electron chi connectivity index (χ2n) is 6.98. The Kier molecular flexibility index (Phi) is 11.8. The van der Waals surface area contributed by atoms with E-state index in [0.29, 0.717) is 19.6 Å². The molecule has 1 aromatic heterocycles. The van der Waals surface area contributed by atoms with Gasteiger partial charge in [0.2, 0.25) is 0 Å². The number of ether oxygens (including phenoxy) is 3. The highest BCUT2D eigenvalue weighted by molar-refractivity contribution is 8.01. The molecule has 164 valence electrons. The van der Waals surface area contributed by atoms with Gasteiger partial charge in [0.25, 0.3) is 0 Å². The lowest BCUT2D eigenvalue weighted by Gasteiger charge is -2.19. The number of ketones is 1. The molecule has 0 aliphatic carbocycles. The van der Waals surface area contributed by atoms with E-state index in [1.165, 1.54) is 11.1 Å². The van der Waals surface area contributed by atoms with E-state index in [4.69, 9.17) is 14.2 Å². The zero-order valence-corrected chi connectivity index (χ0v) is 19.2. The van der Waals surface area contributed by atoms with Crippen molar-refractivity contribution in [3.05, 3.63) is 53.4 Å². The highest BCUT2D eigenvalue weighted by Gasteiger charge is 2.20. The van der Waals surface area contributed by atoms with E-state index in [1.54, 1.807) is 30.2 Å². The molecule has 1 heterocycles. The van der Waals surface area contributed by atoms with Crippen molar-refractivity contribution in [2.75, 3.05) is 19.5 Å². The summed E-state index contributed by atoms with van der Waals surface area (Å²) in [7, 11) is 1.61. The van der Waals surface area contributed by atoms with Crippen LogP contribution in [0.1, 0.15) is 38.2 Å². The molecule has 0 saturated carbocycles. The van der Waals surface area contributed by atoms with Gasteiger partial charge < -0.3 is 14.2 Å². The van der Waals surface area contributed by atoms with E-state index in [2.05, 4.69) is 6.07 Å². The third-order valence-electron chi connectivity index (χ3n) is 4.42. The maximum absolute atomic E-state index is 12.4. The number of hydrogen-bond donors (Lipinski definition) is 0. The lowest BCUT2D eigenvalue weighted by Crippen LogP contribution is -2.26. The number of methoxy groups -OCH3 is 1. The van der Waals surface area contributed by atoms with Gasteiger partial charge in [-0.2, -0.15) is 0 Å². The average Bonchev–Trinajstić information content (AvgIpc) is 3.24. The summed E-state index contributed by atoms with van der Waals surface area (Å²) in [6.07, 6.45) is 0.962. The topological polar surface area (TPSA) is 61.8 Å². The second-order valence-corrected chi connectivity index (χ2v) is 9.32. The Labute approximate surface area is 187 Å². The van der Waals surface area contributed by atoms with Crippen LogP contribution in [-0.2, 0) is 30.4 Å². The Balaban J connectivity index is 1.71. The van der Waals surface area contributed by atoms with Gasteiger partial charge >= 0.3 is 5.97 Å². The number of esters is 1. The van der Waals surface area contributed by atoms with Crippen molar-refractivity contribution in [3.63, 3.8) is 0 Å². The summed E-state index contributed by atoms with van der Waals surface area (Å²) in [4.78, 5) is 24.0. The fourth-order valence-electron chi connectivity index (χ4n) is 2.86. The summed E-state index contributed by atoms with van der Waals surface area (Å²) >= 11 is 3.46. The van der Waals surface area contributed by atoms with E-state index < -0.39 is 6.10 Å². The van der Waals surface area contributed by atoms with Gasteiger partial charge in [-0.25, -0.2) is 0 Å². The van der Waals surface area contributed by atoms with Crippen LogP contribution in [0.2, 0.25) is 0 Å². The molecule has 0 saturated heterocycles. The molecule has 7 heteroatoms. The molecule has 0 amide bonds. The van der Waals surface area contributed by atoms with Gasteiger partial charge in [0, 0.05) is 25.7 Å². The fraction of sp³-hybridized carbons (Fsp3) is 0.478. The Morgan fingerprint density at radius 2 is 1.83 bits per heavy atom. The summed E-state index contributed by atoms with van der Waals surface area (Å²) in [5.41, 5.74) is 1.08. The van der Waals surface area contributed by atoms with Crippen LogP contribution in [0, 0.1) is 0 Å². The van der Waals surface area contributed by atoms with Gasteiger partial charge in [0.15, 0.2) is 0 Å². The van der Waals surface area contributed by atoms with Gasteiger partial charge in [-0.1, -0.05) is 36.4 Å². The normalized spacial score (nSPS) is 13.0. The minimum absolute atomic E-state index is 0.00787. The van der Waals surface area contributed by atoms with Crippen LogP contribution in [0.25, 0.3) is 0 Å². The smallest absolute Gasteiger partial charge is 0.308 e. The number of benzene rings is 1. The van der Waals surface area contributed by atoms with Crippen LogP contribution >= 0.6 is 23.1 Å². The molecule has 2 rings (SSSR count). The Morgan fingerprint density at radius 3 is 2.50 bits per heavy atom. The van der Waals surface area contributed by atoms with E-state index in [-0.39, 0.29) is 30.7 Å². The summed E-state index contributed by atoms with van der Waals surface area (Å²) < 4.78 is 18.0. The summed E-state index contributed by atoms with van der Waals surface area (Å²) in [5, 5.41) is 2.05. The molecular formula is C23H30O5S2. The fourth-order valence-corrected chi connectivity index (χ4v) is 4.76. The average molecular weight is 451 g/mol. The molecule has 30 heavy (non-hydrogen) atoms. The number of carbonyl (C=O) groups excluding carboxylic acids is 2. The van der Waals surface area contributed by atoms with Crippen molar-refractivity contribution in [1.29, 1.82) is 0 Å². The molecule has 5 nitrogen and oxygen atoms in total. The molecule has 0 radical (unpaired) electrons. The van der Waals surface area contributed by atoms with Crippen molar-refractivity contribution in [3.8, 4) is 0 Å². The lowest BCUT2D eigenvalue weighted by atomic mass is 10.1. The zero-order chi connectivity index (χ0) is 21.6. The SMILES string of the molecule is COC(CCSc1cccs1)CC(=O)OC(CCOCc1ccccc1)CC(C)=O. The van der Waals surface area contributed by atoms with Crippen LogP contribution < -0.4 is 0 Å². The van der Waals surface area contributed by atoms with Gasteiger partial charge in [-0.05, 0) is 30.4 Å². The second kappa shape index (κ2) is 14.4. The molecule has 0 aliphatic heterocycles. The Bertz CT molecular complexity index is 733. The lowest BCUT2D eigenvalue weighted by molar-refractivity contribution is -0.153. The minimum Gasteiger partial charge on any atom is -0.462 e. The van der Waals surface area contributed by atoms with E-state index in [1.807, 2.05) is 41.8 Å². The van der Waals surface area contributed by atoms with Crippen LogP contribution in [0.15, 0.2) is 52.1 Å². The molecule has 0 spiro atoms. The first kappa shape index (κ1) is 24.6. The summed E-state index contributed by atoms with van der Waals surface area (Å²) in [6.45, 7) is 2.42. The highest BCUT2D eigenvalue weighted by atomic mass is 32.2. The van der Waals surface area contributed by atoms with Gasteiger partial charge in [0.05, 0.1) is 29.9 Å². The number of thiophene rings is 1.